The zero-order valence-corrected chi connectivity index (χ0v) is 11.1. The van der Waals surface area contributed by atoms with Crippen LogP contribution in [0.25, 0.3) is 11.6 Å². The van der Waals surface area contributed by atoms with Gasteiger partial charge in [-0.1, -0.05) is 42.5 Å². The molecule has 0 atom stereocenters. The molecule has 0 aliphatic rings. The third-order valence-electron chi connectivity index (χ3n) is 2.51. The molecular weight excluding hydrogens is 238 g/mol. The van der Waals surface area contributed by atoms with Crippen LogP contribution >= 0.6 is 11.8 Å². The lowest BCUT2D eigenvalue weighted by molar-refractivity contribution is 1.32. The van der Waals surface area contributed by atoms with Crippen molar-refractivity contribution in [2.45, 2.75) is 0 Å². The zero-order chi connectivity index (χ0) is 12.6. The maximum Gasteiger partial charge on any atom is 0.0273 e. The summed E-state index contributed by atoms with van der Waals surface area (Å²) in [5.41, 5.74) is 3.62. The number of aromatic nitrogens is 1. The van der Waals surface area contributed by atoms with Gasteiger partial charge in [0.2, 0.25) is 0 Å². The van der Waals surface area contributed by atoms with E-state index in [1.54, 1.807) is 24.2 Å². The molecule has 1 aromatic carbocycles. The second-order valence-electron chi connectivity index (χ2n) is 3.79. The SMILES string of the molecule is CS/C=C(/C=C\c1ccncc1)c1ccccc1. The second-order valence-corrected chi connectivity index (χ2v) is 4.50. The first-order valence-electron chi connectivity index (χ1n) is 5.76. The van der Waals surface area contributed by atoms with Crippen LogP contribution in [0.3, 0.4) is 0 Å². The van der Waals surface area contributed by atoms with Crippen LogP contribution in [-0.4, -0.2) is 11.2 Å². The van der Waals surface area contributed by atoms with E-state index >= 15 is 0 Å². The molecule has 0 unspecified atom stereocenters. The average Bonchev–Trinajstić information content (AvgIpc) is 2.45. The smallest absolute Gasteiger partial charge is 0.0273 e. The van der Waals surface area contributed by atoms with Crippen LogP contribution in [0.4, 0.5) is 0 Å². The minimum Gasteiger partial charge on any atom is -0.265 e. The zero-order valence-electron chi connectivity index (χ0n) is 10.3. The topological polar surface area (TPSA) is 12.9 Å². The molecule has 0 bridgehead atoms. The third-order valence-corrected chi connectivity index (χ3v) is 3.00. The lowest BCUT2D eigenvalue weighted by atomic mass is 10.1. The van der Waals surface area contributed by atoms with Gasteiger partial charge in [-0.25, -0.2) is 0 Å². The van der Waals surface area contributed by atoms with Gasteiger partial charge in [0.15, 0.2) is 0 Å². The number of hydrogen-bond donors (Lipinski definition) is 0. The molecule has 0 spiro atoms. The van der Waals surface area contributed by atoms with E-state index in [9.17, 15) is 0 Å². The molecule has 2 rings (SSSR count). The Labute approximate surface area is 112 Å². The highest BCUT2D eigenvalue weighted by atomic mass is 32.2. The highest BCUT2D eigenvalue weighted by Crippen LogP contribution is 2.19. The highest BCUT2D eigenvalue weighted by Gasteiger charge is 1.96. The van der Waals surface area contributed by atoms with Crippen LogP contribution < -0.4 is 0 Å². The van der Waals surface area contributed by atoms with E-state index in [4.69, 9.17) is 0 Å². The molecule has 1 aromatic heterocycles. The quantitative estimate of drug-likeness (QED) is 0.744. The van der Waals surface area contributed by atoms with E-state index in [0.29, 0.717) is 0 Å². The van der Waals surface area contributed by atoms with Crippen molar-refractivity contribution >= 4 is 23.4 Å². The largest absolute Gasteiger partial charge is 0.265 e. The van der Waals surface area contributed by atoms with Crippen molar-refractivity contribution in [2.24, 2.45) is 0 Å². The van der Waals surface area contributed by atoms with E-state index in [0.717, 1.165) is 5.56 Å². The Morgan fingerprint density at radius 3 is 2.44 bits per heavy atom. The first-order chi connectivity index (χ1) is 8.90. The summed E-state index contributed by atoms with van der Waals surface area (Å²) in [5.74, 6) is 0. The van der Waals surface area contributed by atoms with Crippen molar-refractivity contribution in [1.82, 2.24) is 4.98 Å². The fourth-order valence-electron chi connectivity index (χ4n) is 1.62. The summed E-state index contributed by atoms with van der Waals surface area (Å²) < 4.78 is 0. The maximum absolute atomic E-state index is 4.01. The van der Waals surface area contributed by atoms with Crippen LogP contribution in [0, 0.1) is 0 Å². The Bertz CT molecular complexity index is 530. The van der Waals surface area contributed by atoms with Crippen LogP contribution in [0.1, 0.15) is 11.1 Å². The lowest BCUT2D eigenvalue weighted by Gasteiger charge is -2.01. The predicted octanol–water partition coefficient (Wildman–Crippen LogP) is 4.50. The van der Waals surface area contributed by atoms with Crippen molar-refractivity contribution in [1.29, 1.82) is 0 Å². The van der Waals surface area contributed by atoms with E-state index in [2.05, 4.69) is 53.1 Å². The van der Waals surface area contributed by atoms with Gasteiger partial charge in [0, 0.05) is 12.4 Å². The van der Waals surface area contributed by atoms with E-state index in [1.807, 2.05) is 18.2 Å². The fraction of sp³-hybridized carbons (Fsp3) is 0.0625. The number of hydrogen-bond acceptors (Lipinski definition) is 2. The van der Waals surface area contributed by atoms with Crippen molar-refractivity contribution in [3.05, 3.63) is 77.5 Å². The van der Waals surface area contributed by atoms with Gasteiger partial charge >= 0.3 is 0 Å². The van der Waals surface area contributed by atoms with Crippen molar-refractivity contribution in [2.75, 3.05) is 6.26 Å². The summed E-state index contributed by atoms with van der Waals surface area (Å²) in [4.78, 5) is 4.01. The standard InChI is InChI=1S/C16H15NS/c1-18-13-16(15-5-3-2-4-6-15)8-7-14-9-11-17-12-10-14/h2-13H,1H3/b8-7-,16-13-. The third kappa shape index (κ3) is 3.60. The van der Waals surface area contributed by atoms with Crippen LogP contribution in [-0.2, 0) is 0 Å². The van der Waals surface area contributed by atoms with Crippen molar-refractivity contribution in [3.63, 3.8) is 0 Å². The summed E-state index contributed by atoms with van der Waals surface area (Å²) in [6, 6.07) is 14.4. The molecule has 2 heteroatoms. The molecule has 0 N–H and O–H groups in total. The molecule has 0 saturated carbocycles. The molecule has 2 aromatic rings. The molecule has 0 saturated heterocycles. The van der Waals surface area contributed by atoms with Gasteiger partial charge < -0.3 is 0 Å². The van der Waals surface area contributed by atoms with Gasteiger partial charge in [-0.15, -0.1) is 11.8 Å². The monoisotopic (exact) mass is 253 g/mol. The first-order valence-corrected chi connectivity index (χ1v) is 7.05. The molecule has 90 valence electrons. The summed E-state index contributed by atoms with van der Waals surface area (Å²) in [5, 5.41) is 2.16. The molecule has 18 heavy (non-hydrogen) atoms. The molecule has 1 nitrogen and oxygen atoms in total. The van der Waals surface area contributed by atoms with E-state index in [1.165, 1.54) is 11.1 Å². The minimum atomic E-state index is 1.16. The molecule has 0 aliphatic carbocycles. The van der Waals surface area contributed by atoms with Gasteiger partial charge in [-0.2, -0.15) is 0 Å². The molecule has 1 heterocycles. The molecule has 0 aliphatic heterocycles. The normalized spacial score (nSPS) is 11.9. The number of benzene rings is 1. The summed E-state index contributed by atoms with van der Waals surface area (Å²) in [6.45, 7) is 0. The Morgan fingerprint density at radius 1 is 1.06 bits per heavy atom. The van der Waals surface area contributed by atoms with Gasteiger partial charge in [-0.05, 0) is 40.5 Å². The average molecular weight is 253 g/mol. The predicted molar refractivity (Wildman–Crippen MR) is 81.2 cm³/mol. The van der Waals surface area contributed by atoms with Crippen molar-refractivity contribution < 1.29 is 0 Å². The molecular formula is C16H15NS. The molecule has 0 fully saturated rings. The minimum absolute atomic E-state index is 1.16. The van der Waals surface area contributed by atoms with Gasteiger partial charge in [0.05, 0.1) is 0 Å². The Kier molecular flexibility index (Phi) is 4.79. The number of allylic oxidation sites excluding steroid dienone is 2. The lowest BCUT2D eigenvalue weighted by Crippen LogP contribution is -1.79. The summed E-state index contributed by atoms with van der Waals surface area (Å²) in [7, 11) is 0. The van der Waals surface area contributed by atoms with Crippen LogP contribution in [0.5, 0.6) is 0 Å². The van der Waals surface area contributed by atoms with Gasteiger partial charge in [-0.3, -0.25) is 4.98 Å². The Morgan fingerprint density at radius 2 is 1.78 bits per heavy atom. The van der Waals surface area contributed by atoms with E-state index in [-0.39, 0.29) is 0 Å². The fourth-order valence-corrected chi connectivity index (χ4v) is 2.09. The van der Waals surface area contributed by atoms with Crippen molar-refractivity contribution in [3.8, 4) is 0 Å². The Hall–Kier alpha value is -1.80. The second kappa shape index (κ2) is 6.82. The number of rotatable bonds is 4. The van der Waals surface area contributed by atoms with Crippen LogP contribution in [0.15, 0.2) is 66.3 Å². The highest BCUT2D eigenvalue weighted by molar-refractivity contribution is 8.01. The molecule has 0 amide bonds. The number of thioether (sulfide) groups is 1. The summed E-state index contributed by atoms with van der Waals surface area (Å²) in [6.07, 6.45) is 9.93. The number of nitrogens with zero attached hydrogens (tertiary/aromatic N) is 1. The maximum atomic E-state index is 4.01. The van der Waals surface area contributed by atoms with E-state index < -0.39 is 0 Å². The van der Waals surface area contributed by atoms with Crippen LogP contribution in [0.2, 0.25) is 0 Å². The molecule has 0 radical (unpaired) electrons. The summed E-state index contributed by atoms with van der Waals surface area (Å²) >= 11 is 1.71. The first kappa shape index (κ1) is 12.7. The van der Waals surface area contributed by atoms with Gasteiger partial charge in [0.25, 0.3) is 0 Å². The van der Waals surface area contributed by atoms with Gasteiger partial charge in [0.1, 0.15) is 0 Å². The Balaban J connectivity index is 2.23. The number of pyridine rings is 1.